The van der Waals surface area contributed by atoms with E-state index in [4.69, 9.17) is 5.73 Å². The summed E-state index contributed by atoms with van der Waals surface area (Å²) >= 11 is 0. The summed E-state index contributed by atoms with van der Waals surface area (Å²) in [4.78, 5) is 13.1. The zero-order chi connectivity index (χ0) is 14.9. The smallest absolute Gasteiger partial charge is 0.223 e. The Hall–Kier alpha value is -1.97. The number of nitrogen functional groups attached to an aromatic ring is 1. The van der Waals surface area contributed by atoms with Crippen LogP contribution in [-0.4, -0.2) is 15.0 Å². The van der Waals surface area contributed by atoms with Gasteiger partial charge in [-0.15, -0.1) is 0 Å². The molecule has 0 saturated carbocycles. The van der Waals surface area contributed by atoms with Gasteiger partial charge in [0.05, 0.1) is 0 Å². The van der Waals surface area contributed by atoms with Gasteiger partial charge in [0.15, 0.2) is 0 Å². The van der Waals surface area contributed by atoms with Gasteiger partial charge in [0, 0.05) is 11.8 Å². The van der Waals surface area contributed by atoms with Crippen molar-refractivity contribution >= 4 is 5.95 Å². The molecule has 1 heterocycles. The predicted octanol–water partition coefficient (Wildman–Crippen LogP) is 2.96. The van der Waals surface area contributed by atoms with E-state index in [1.807, 2.05) is 0 Å². The Morgan fingerprint density at radius 3 is 2.10 bits per heavy atom. The van der Waals surface area contributed by atoms with Crippen molar-refractivity contribution in [1.82, 2.24) is 15.0 Å². The Bertz CT molecular complexity index is 607. The maximum atomic E-state index is 5.81. The molecule has 1 aromatic heterocycles. The largest absolute Gasteiger partial charge is 0.368 e. The minimum absolute atomic E-state index is 0.131. The van der Waals surface area contributed by atoms with Crippen molar-refractivity contribution in [3.63, 3.8) is 0 Å². The third-order valence-electron chi connectivity index (χ3n) is 3.01. The van der Waals surface area contributed by atoms with E-state index in [-0.39, 0.29) is 5.41 Å². The summed E-state index contributed by atoms with van der Waals surface area (Å²) in [5, 5.41) is 0. The molecule has 0 bridgehead atoms. The predicted molar refractivity (Wildman–Crippen MR) is 81.7 cm³/mol. The van der Waals surface area contributed by atoms with Gasteiger partial charge < -0.3 is 5.73 Å². The second kappa shape index (κ2) is 5.19. The fourth-order valence-corrected chi connectivity index (χ4v) is 2.21. The number of benzene rings is 1. The number of hydrogen-bond donors (Lipinski definition) is 1. The minimum Gasteiger partial charge on any atom is -0.368 e. The number of rotatable bonds is 2. The van der Waals surface area contributed by atoms with Crippen LogP contribution in [0.1, 0.15) is 49.1 Å². The Morgan fingerprint density at radius 1 is 0.950 bits per heavy atom. The lowest BCUT2D eigenvalue weighted by Gasteiger charge is -2.17. The molecule has 0 fully saturated rings. The van der Waals surface area contributed by atoms with Crippen LogP contribution < -0.4 is 5.73 Å². The lowest BCUT2D eigenvalue weighted by molar-refractivity contribution is 0.538. The quantitative estimate of drug-likeness (QED) is 0.911. The number of aryl methyl sites for hydroxylation is 2. The molecule has 0 aliphatic heterocycles. The van der Waals surface area contributed by atoms with Crippen LogP contribution in [-0.2, 0) is 11.8 Å². The van der Waals surface area contributed by atoms with Gasteiger partial charge in [0.1, 0.15) is 11.6 Å². The summed E-state index contributed by atoms with van der Waals surface area (Å²) in [5.74, 6) is 1.76. The van der Waals surface area contributed by atoms with E-state index in [0.717, 1.165) is 11.6 Å². The molecular formula is C16H22N4. The first kappa shape index (κ1) is 14.4. The summed E-state index contributed by atoms with van der Waals surface area (Å²) in [6.07, 6.45) is 0.679. The summed E-state index contributed by atoms with van der Waals surface area (Å²) in [6.45, 7) is 10.4. The van der Waals surface area contributed by atoms with Gasteiger partial charge in [-0.25, -0.2) is 4.98 Å². The number of aromatic nitrogens is 3. The third kappa shape index (κ3) is 3.53. The monoisotopic (exact) mass is 270 g/mol. The molecule has 2 N–H and O–H groups in total. The lowest BCUT2D eigenvalue weighted by atomic mass is 9.96. The van der Waals surface area contributed by atoms with Gasteiger partial charge in [-0.2, -0.15) is 9.97 Å². The Kier molecular flexibility index (Phi) is 3.75. The summed E-state index contributed by atoms with van der Waals surface area (Å²) in [7, 11) is 0. The highest BCUT2D eigenvalue weighted by atomic mass is 15.1. The van der Waals surface area contributed by atoms with E-state index in [2.05, 4.69) is 67.8 Å². The van der Waals surface area contributed by atoms with Gasteiger partial charge in [-0.05, 0) is 19.4 Å². The van der Waals surface area contributed by atoms with Crippen molar-refractivity contribution in [3.8, 4) is 0 Å². The molecule has 0 spiro atoms. The first-order chi connectivity index (χ1) is 9.24. The Morgan fingerprint density at radius 2 is 1.55 bits per heavy atom. The van der Waals surface area contributed by atoms with Gasteiger partial charge in [0.2, 0.25) is 5.95 Å². The Labute approximate surface area is 120 Å². The van der Waals surface area contributed by atoms with Crippen LogP contribution in [0.5, 0.6) is 0 Å². The van der Waals surface area contributed by atoms with Crippen molar-refractivity contribution in [2.75, 3.05) is 5.73 Å². The fourth-order valence-electron chi connectivity index (χ4n) is 2.21. The lowest BCUT2D eigenvalue weighted by Crippen LogP contribution is -2.19. The molecule has 20 heavy (non-hydrogen) atoms. The third-order valence-corrected chi connectivity index (χ3v) is 3.01. The zero-order valence-corrected chi connectivity index (χ0v) is 12.9. The summed E-state index contributed by atoms with van der Waals surface area (Å²) in [6, 6.07) is 6.47. The molecule has 2 aromatic rings. The van der Waals surface area contributed by atoms with Gasteiger partial charge in [0.25, 0.3) is 0 Å². The molecule has 0 aliphatic carbocycles. The topological polar surface area (TPSA) is 64.7 Å². The average molecular weight is 270 g/mol. The van der Waals surface area contributed by atoms with Crippen molar-refractivity contribution in [2.24, 2.45) is 0 Å². The number of hydrogen-bond acceptors (Lipinski definition) is 4. The van der Waals surface area contributed by atoms with Crippen LogP contribution in [0.25, 0.3) is 0 Å². The molecular weight excluding hydrogens is 248 g/mol. The number of nitrogens with two attached hydrogens (primary N) is 1. The molecule has 2 rings (SSSR count). The van der Waals surface area contributed by atoms with Crippen LogP contribution in [0.15, 0.2) is 18.2 Å². The maximum Gasteiger partial charge on any atom is 0.223 e. The normalized spacial score (nSPS) is 11.7. The maximum absolute atomic E-state index is 5.81. The SMILES string of the molecule is Cc1cc(C)cc(Cc2nc(N)nc(C(C)(C)C)n2)c1. The molecule has 1 aromatic carbocycles. The van der Waals surface area contributed by atoms with E-state index in [0.29, 0.717) is 12.4 Å². The van der Waals surface area contributed by atoms with Crippen LogP contribution in [0.4, 0.5) is 5.95 Å². The van der Waals surface area contributed by atoms with E-state index in [1.54, 1.807) is 0 Å². The first-order valence-corrected chi connectivity index (χ1v) is 6.82. The van der Waals surface area contributed by atoms with Crippen LogP contribution in [0, 0.1) is 13.8 Å². The van der Waals surface area contributed by atoms with Gasteiger partial charge >= 0.3 is 0 Å². The molecule has 0 atom stereocenters. The molecule has 106 valence electrons. The first-order valence-electron chi connectivity index (χ1n) is 6.82. The molecule has 4 nitrogen and oxygen atoms in total. The minimum atomic E-state index is -0.131. The van der Waals surface area contributed by atoms with Gasteiger partial charge in [-0.3, -0.25) is 0 Å². The fraction of sp³-hybridized carbons (Fsp3) is 0.438. The number of nitrogens with zero attached hydrogens (tertiary/aromatic N) is 3. The zero-order valence-electron chi connectivity index (χ0n) is 12.9. The highest BCUT2D eigenvalue weighted by Gasteiger charge is 2.19. The van der Waals surface area contributed by atoms with Gasteiger partial charge in [-0.1, -0.05) is 50.1 Å². The molecule has 0 aliphatic rings. The molecule has 0 radical (unpaired) electrons. The van der Waals surface area contributed by atoms with Crippen molar-refractivity contribution in [2.45, 2.75) is 46.5 Å². The molecule has 0 unspecified atom stereocenters. The second-order valence-electron chi connectivity index (χ2n) is 6.36. The van der Waals surface area contributed by atoms with E-state index in [9.17, 15) is 0 Å². The molecule has 0 amide bonds. The standard InChI is InChI=1S/C16H22N4/c1-10-6-11(2)8-12(7-10)9-13-18-14(16(3,4)5)20-15(17)19-13/h6-8H,9H2,1-5H3,(H2,17,18,19,20). The van der Waals surface area contributed by atoms with Crippen LogP contribution in [0.3, 0.4) is 0 Å². The highest BCUT2D eigenvalue weighted by Crippen LogP contribution is 2.19. The molecule has 4 heteroatoms. The summed E-state index contributed by atoms with van der Waals surface area (Å²) < 4.78 is 0. The van der Waals surface area contributed by atoms with Crippen molar-refractivity contribution < 1.29 is 0 Å². The summed E-state index contributed by atoms with van der Waals surface area (Å²) in [5.41, 5.74) is 9.37. The van der Waals surface area contributed by atoms with Crippen molar-refractivity contribution in [1.29, 1.82) is 0 Å². The highest BCUT2D eigenvalue weighted by molar-refractivity contribution is 5.31. The van der Waals surface area contributed by atoms with Crippen LogP contribution >= 0.6 is 0 Å². The molecule has 0 saturated heterocycles. The number of anilines is 1. The van der Waals surface area contributed by atoms with Crippen molar-refractivity contribution in [3.05, 3.63) is 46.5 Å². The van der Waals surface area contributed by atoms with E-state index >= 15 is 0 Å². The average Bonchev–Trinajstić information content (AvgIpc) is 2.25. The van der Waals surface area contributed by atoms with E-state index in [1.165, 1.54) is 16.7 Å². The van der Waals surface area contributed by atoms with Crippen LogP contribution in [0.2, 0.25) is 0 Å². The van der Waals surface area contributed by atoms with E-state index < -0.39 is 0 Å². The second-order valence-corrected chi connectivity index (χ2v) is 6.36. The Balaban J connectivity index is 2.36.